The van der Waals surface area contributed by atoms with Crippen LogP contribution in [0.4, 0.5) is 5.69 Å². The Balaban J connectivity index is 1.85. The van der Waals surface area contributed by atoms with Crippen LogP contribution in [-0.4, -0.2) is 48.6 Å². The Kier molecular flexibility index (Phi) is 4.08. The lowest BCUT2D eigenvalue weighted by Crippen LogP contribution is -2.51. The topological polar surface area (TPSA) is 45.4 Å². The first-order valence-corrected chi connectivity index (χ1v) is 7.74. The summed E-state index contributed by atoms with van der Waals surface area (Å²) in [5, 5.41) is 1.25. The molecule has 2 heterocycles. The molecule has 4 heteroatoms. The third-order valence-electron chi connectivity index (χ3n) is 4.44. The summed E-state index contributed by atoms with van der Waals surface area (Å²) in [5.41, 5.74) is 9.27. The van der Waals surface area contributed by atoms with Gasteiger partial charge in [-0.05, 0) is 26.0 Å². The first-order valence-electron chi connectivity index (χ1n) is 7.74. The number of rotatable bonds is 3. The first-order chi connectivity index (χ1) is 10.2. The van der Waals surface area contributed by atoms with Crippen molar-refractivity contribution in [2.75, 3.05) is 37.6 Å². The largest absolute Gasteiger partial charge is 0.368 e. The van der Waals surface area contributed by atoms with Crippen molar-refractivity contribution < 1.29 is 0 Å². The molecule has 112 valence electrons. The van der Waals surface area contributed by atoms with E-state index < -0.39 is 0 Å². The highest BCUT2D eigenvalue weighted by molar-refractivity contribution is 5.92. The van der Waals surface area contributed by atoms with Gasteiger partial charge in [0.1, 0.15) is 0 Å². The van der Waals surface area contributed by atoms with E-state index in [4.69, 9.17) is 5.73 Å². The molecule has 1 aromatic heterocycles. The van der Waals surface area contributed by atoms with Gasteiger partial charge in [-0.3, -0.25) is 9.88 Å². The van der Waals surface area contributed by atoms with Gasteiger partial charge in [-0.1, -0.05) is 18.2 Å². The van der Waals surface area contributed by atoms with E-state index in [1.165, 1.54) is 11.1 Å². The highest BCUT2D eigenvalue weighted by Crippen LogP contribution is 2.27. The maximum absolute atomic E-state index is 5.78. The molecule has 0 spiro atoms. The normalized spacial score (nSPS) is 18.1. The van der Waals surface area contributed by atoms with E-state index in [-0.39, 0.29) is 0 Å². The molecule has 1 aromatic carbocycles. The fraction of sp³-hybridized carbons (Fsp3) is 0.471. The van der Waals surface area contributed by atoms with E-state index >= 15 is 0 Å². The lowest BCUT2D eigenvalue weighted by molar-refractivity contribution is 0.201. The second-order valence-corrected chi connectivity index (χ2v) is 5.91. The number of aryl methyl sites for hydroxylation is 1. The lowest BCUT2D eigenvalue weighted by Gasteiger charge is -2.39. The van der Waals surface area contributed by atoms with E-state index in [1.807, 2.05) is 0 Å². The molecule has 1 saturated heterocycles. The molecule has 0 amide bonds. The Morgan fingerprint density at radius 1 is 1.19 bits per heavy atom. The molecule has 0 radical (unpaired) electrons. The summed E-state index contributed by atoms with van der Waals surface area (Å²) in [7, 11) is 0. The molecule has 1 aliphatic heterocycles. The van der Waals surface area contributed by atoms with Gasteiger partial charge in [-0.15, -0.1) is 0 Å². The molecular weight excluding hydrogens is 260 g/mol. The average Bonchev–Trinajstić information content (AvgIpc) is 2.53. The third-order valence-corrected chi connectivity index (χ3v) is 4.44. The molecule has 4 nitrogen and oxygen atoms in total. The highest BCUT2D eigenvalue weighted by atomic mass is 15.3. The molecule has 0 aliphatic carbocycles. The summed E-state index contributed by atoms with van der Waals surface area (Å²) in [5.74, 6) is 0. The van der Waals surface area contributed by atoms with Gasteiger partial charge in [0.15, 0.2) is 0 Å². The predicted octanol–water partition coefficient (Wildman–Crippen LogP) is 2.01. The van der Waals surface area contributed by atoms with Crippen LogP contribution in [0.3, 0.4) is 0 Å². The fourth-order valence-electron chi connectivity index (χ4n) is 3.10. The minimum absolute atomic E-state index is 0.475. The lowest BCUT2D eigenvalue weighted by atomic mass is 10.1. The van der Waals surface area contributed by atoms with Crippen molar-refractivity contribution in [2.24, 2.45) is 5.73 Å². The maximum Gasteiger partial charge on any atom is 0.0726 e. The Morgan fingerprint density at radius 3 is 2.62 bits per heavy atom. The molecule has 0 bridgehead atoms. The summed E-state index contributed by atoms with van der Waals surface area (Å²) in [6.45, 7) is 9.28. The van der Waals surface area contributed by atoms with E-state index in [9.17, 15) is 0 Å². The number of nitrogens with two attached hydrogens (primary N) is 1. The molecule has 1 atom stereocenters. The van der Waals surface area contributed by atoms with Crippen molar-refractivity contribution in [3.05, 3.63) is 36.0 Å². The zero-order valence-electron chi connectivity index (χ0n) is 12.9. The minimum Gasteiger partial charge on any atom is -0.368 e. The number of anilines is 1. The maximum atomic E-state index is 5.78. The highest BCUT2D eigenvalue weighted by Gasteiger charge is 2.21. The van der Waals surface area contributed by atoms with Crippen LogP contribution >= 0.6 is 0 Å². The van der Waals surface area contributed by atoms with Crippen molar-refractivity contribution in [2.45, 2.75) is 19.9 Å². The smallest absolute Gasteiger partial charge is 0.0726 e. The van der Waals surface area contributed by atoms with Crippen LogP contribution in [0.2, 0.25) is 0 Å². The van der Waals surface area contributed by atoms with Crippen LogP contribution in [0, 0.1) is 6.92 Å². The van der Waals surface area contributed by atoms with Gasteiger partial charge in [-0.2, -0.15) is 0 Å². The van der Waals surface area contributed by atoms with Crippen LogP contribution in [0.15, 0.2) is 30.3 Å². The number of para-hydroxylation sites is 1. The van der Waals surface area contributed by atoms with E-state index in [1.54, 1.807) is 0 Å². The Bertz CT molecular complexity index is 617. The van der Waals surface area contributed by atoms with Gasteiger partial charge >= 0.3 is 0 Å². The molecule has 2 N–H and O–H groups in total. The van der Waals surface area contributed by atoms with Crippen LogP contribution in [0.25, 0.3) is 10.9 Å². The predicted molar refractivity (Wildman–Crippen MR) is 88.8 cm³/mol. The van der Waals surface area contributed by atoms with Crippen LogP contribution in [-0.2, 0) is 0 Å². The number of piperazine rings is 1. The molecule has 21 heavy (non-hydrogen) atoms. The molecule has 1 aliphatic rings. The van der Waals surface area contributed by atoms with Crippen molar-refractivity contribution >= 4 is 16.6 Å². The monoisotopic (exact) mass is 284 g/mol. The standard InChI is InChI=1S/C17H24N4/c1-13-11-17(15-5-3-4-6-16(15)19-13)21-9-7-20(8-10-21)14(2)12-18/h3-6,11,14H,7-10,12,18H2,1-2H3. The Morgan fingerprint density at radius 2 is 1.90 bits per heavy atom. The number of hydrogen-bond acceptors (Lipinski definition) is 4. The Labute approximate surface area is 126 Å². The number of aromatic nitrogens is 1. The van der Waals surface area contributed by atoms with E-state index in [0.29, 0.717) is 6.04 Å². The molecule has 0 saturated carbocycles. The first kappa shape index (κ1) is 14.3. The molecular formula is C17H24N4. The zero-order valence-corrected chi connectivity index (χ0v) is 12.9. The van der Waals surface area contributed by atoms with Crippen molar-refractivity contribution in [3.63, 3.8) is 0 Å². The summed E-state index contributed by atoms with van der Waals surface area (Å²) < 4.78 is 0. The van der Waals surface area contributed by atoms with Crippen molar-refractivity contribution in [1.82, 2.24) is 9.88 Å². The molecule has 1 fully saturated rings. The summed E-state index contributed by atoms with van der Waals surface area (Å²) in [6, 6.07) is 11.1. The SMILES string of the molecule is Cc1cc(N2CCN(C(C)CN)CC2)c2ccccc2n1. The number of pyridine rings is 1. The number of hydrogen-bond donors (Lipinski definition) is 1. The average molecular weight is 284 g/mol. The zero-order chi connectivity index (χ0) is 14.8. The van der Waals surface area contributed by atoms with Gasteiger partial charge in [0, 0.05) is 55.5 Å². The van der Waals surface area contributed by atoms with Gasteiger partial charge in [0.05, 0.1) is 5.52 Å². The van der Waals surface area contributed by atoms with Crippen molar-refractivity contribution in [3.8, 4) is 0 Å². The van der Waals surface area contributed by atoms with Crippen LogP contribution in [0.5, 0.6) is 0 Å². The van der Waals surface area contributed by atoms with E-state index in [2.05, 4.69) is 59.0 Å². The quantitative estimate of drug-likeness (QED) is 0.936. The van der Waals surface area contributed by atoms with Gasteiger partial charge in [-0.25, -0.2) is 0 Å². The van der Waals surface area contributed by atoms with Gasteiger partial charge < -0.3 is 10.6 Å². The van der Waals surface area contributed by atoms with Crippen LogP contribution < -0.4 is 10.6 Å². The number of nitrogens with zero attached hydrogens (tertiary/aromatic N) is 3. The number of fused-ring (bicyclic) bond motifs is 1. The summed E-state index contributed by atoms with van der Waals surface area (Å²) in [6.07, 6.45) is 0. The summed E-state index contributed by atoms with van der Waals surface area (Å²) >= 11 is 0. The molecule has 1 unspecified atom stereocenters. The molecule has 2 aromatic rings. The van der Waals surface area contributed by atoms with Crippen LogP contribution in [0.1, 0.15) is 12.6 Å². The minimum atomic E-state index is 0.475. The molecule has 3 rings (SSSR count). The second kappa shape index (κ2) is 6.00. The fourth-order valence-corrected chi connectivity index (χ4v) is 3.10. The van der Waals surface area contributed by atoms with Gasteiger partial charge in [0.25, 0.3) is 0 Å². The number of benzene rings is 1. The third kappa shape index (κ3) is 2.87. The van der Waals surface area contributed by atoms with Crippen molar-refractivity contribution in [1.29, 1.82) is 0 Å². The van der Waals surface area contributed by atoms with E-state index in [0.717, 1.165) is 43.9 Å². The Hall–Kier alpha value is -1.65. The summed E-state index contributed by atoms with van der Waals surface area (Å²) in [4.78, 5) is 9.60. The van der Waals surface area contributed by atoms with Gasteiger partial charge in [0.2, 0.25) is 0 Å². The second-order valence-electron chi connectivity index (χ2n) is 5.91.